The van der Waals surface area contributed by atoms with Gasteiger partial charge in [-0.15, -0.1) is 11.3 Å². The molecule has 0 saturated carbocycles. The molecule has 21 heavy (non-hydrogen) atoms. The van der Waals surface area contributed by atoms with Gasteiger partial charge in [-0.1, -0.05) is 35.3 Å². The molecule has 0 radical (unpaired) electrons. The average Bonchev–Trinajstić information content (AvgIpc) is 2.84. The molecule has 1 aromatic heterocycles. The summed E-state index contributed by atoms with van der Waals surface area (Å²) in [6.45, 7) is 0. The van der Waals surface area contributed by atoms with Gasteiger partial charge < -0.3 is 5.32 Å². The minimum atomic E-state index is 0.0595. The Kier molecular flexibility index (Phi) is 4.57. The molecule has 0 aliphatic rings. The van der Waals surface area contributed by atoms with E-state index in [9.17, 15) is 0 Å². The quantitative estimate of drug-likeness (QED) is 0.545. The van der Waals surface area contributed by atoms with E-state index in [4.69, 9.17) is 23.2 Å². The minimum Gasteiger partial charge on any atom is -0.309 e. The summed E-state index contributed by atoms with van der Waals surface area (Å²) in [6, 6.07) is 12.0. The van der Waals surface area contributed by atoms with Crippen LogP contribution < -0.4 is 5.32 Å². The molecule has 3 rings (SSSR count). The minimum absolute atomic E-state index is 0.0595. The summed E-state index contributed by atoms with van der Waals surface area (Å²) in [5.74, 6) is 0. The SMILES string of the molecule is CNC(c1cc(Cl)cc(Cl)c1)c1csc2c(Br)cccc12. The molecule has 3 aromatic rings. The monoisotopic (exact) mass is 399 g/mol. The Bertz CT molecular complexity index is 780. The van der Waals surface area contributed by atoms with Gasteiger partial charge >= 0.3 is 0 Å². The number of thiophene rings is 1. The Morgan fingerprint density at radius 2 is 1.86 bits per heavy atom. The Morgan fingerprint density at radius 3 is 2.52 bits per heavy atom. The van der Waals surface area contributed by atoms with Crippen LogP contribution in [0.1, 0.15) is 17.2 Å². The Balaban J connectivity index is 2.16. The van der Waals surface area contributed by atoms with Gasteiger partial charge in [-0.3, -0.25) is 0 Å². The first-order valence-corrected chi connectivity index (χ1v) is 8.82. The van der Waals surface area contributed by atoms with Crippen molar-refractivity contribution in [1.82, 2.24) is 5.32 Å². The highest BCUT2D eigenvalue weighted by atomic mass is 79.9. The highest BCUT2D eigenvalue weighted by molar-refractivity contribution is 9.10. The van der Waals surface area contributed by atoms with Crippen LogP contribution in [0.25, 0.3) is 10.1 Å². The highest BCUT2D eigenvalue weighted by Gasteiger charge is 2.18. The van der Waals surface area contributed by atoms with Crippen molar-refractivity contribution in [1.29, 1.82) is 0 Å². The third-order valence-corrected chi connectivity index (χ3v) is 5.81. The number of rotatable bonds is 3. The summed E-state index contributed by atoms with van der Waals surface area (Å²) in [4.78, 5) is 0. The van der Waals surface area contributed by atoms with E-state index in [2.05, 4.69) is 44.8 Å². The van der Waals surface area contributed by atoms with E-state index < -0.39 is 0 Å². The van der Waals surface area contributed by atoms with E-state index >= 15 is 0 Å². The number of halogens is 3. The first-order valence-electron chi connectivity index (χ1n) is 6.39. The van der Waals surface area contributed by atoms with Gasteiger partial charge in [-0.25, -0.2) is 0 Å². The van der Waals surface area contributed by atoms with Gasteiger partial charge in [0.05, 0.1) is 6.04 Å². The van der Waals surface area contributed by atoms with Crippen LogP contribution in [-0.4, -0.2) is 7.05 Å². The first-order chi connectivity index (χ1) is 10.1. The molecular weight excluding hydrogens is 389 g/mol. The zero-order valence-electron chi connectivity index (χ0n) is 11.2. The number of nitrogens with one attached hydrogen (secondary N) is 1. The lowest BCUT2D eigenvalue weighted by atomic mass is 9.98. The number of fused-ring (bicyclic) bond motifs is 1. The molecule has 1 nitrogen and oxygen atoms in total. The van der Waals surface area contributed by atoms with Gasteiger partial charge in [-0.05, 0) is 69.1 Å². The Hall–Kier alpha value is -0.580. The van der Waals surface area contributed by atoms with Gasteiger partial charge in [0.1, 0.15) is 0 Å². The van der Waals surface area contributed by atoms with Crippen LogP contribution in [0.3, 0.4) is 0 Å². The topological polar surface area (TPSA) is 12.0 Å². The van der Waals surface area contributed by atoms with Crippen LogP contribution >= 0.6 is 50.5 Å². The zero-order valence-corrected chi connectivity index (χ0v) is 15.1. The van der Waals surface area contributed by atoms with Gasteiger partial charge in [0.25, 0.3) is 0 Å². The lowest BCUT2D eigenvalue weighted by molar-refractivity contribution is 0.699. The number of hydrogen-bond donors (Lipinski definition) is 1. The molecule has 0 aliphatic heterocycles. The van der Waals surface area contributed by atoms with Crippen molar-refractivity contribution in [3.05, 3.63) is 67.4 Å². The number of hydrogen-bond acceptors (Lipinski definition) is 2. The van der Waals surface area contributed by atoms with Crippen molar-refractivity contribution >= 4 is 60.6 Å². The molecule has 1 unspecified atom stereocenters. The molecule has 1 N–H and O–H groups in total. The standard InChI is InChI=1S/C16H12BrCl2NS/c1-20-15(9-5-10(18)7-11(19)6-9)13-8-21-16-12(13)3-2-4-14(16)17/h2-8,15,20H,1H3. The predicted molar refractivity (Wildman–Crippen MR) is 96.9 cm³/mol. The summed E-state index contributed by atoms with van der Waals surface area (Å²) >= 11 is 17.6. The van der Waals surface area contributed by atoms with E-state index in [-0.39, 0.29) is 6.04 Å². The Labute approximate surface area is 146 Å². The second-order valence-electron chi connectivity index (χ2n) is 4.73. The van der Waals surface area contributed by atoms with Crippen LogP contribution in [0.2, 0.25) is 10.0 Å². The molecule has 1 atom stereocenters. The maximum Gasteiger partial charge on any atom is 0.0589 e. The maximum absolute atomic E-state index is 6.14. The van der Waals surface area contributed by atoms with Crippen molar-refractivity contribution in [2.45, 2.75) is 6.04 Å². The fourth-order valence-corrected chi connectivity index (χ4v) is 4.70. The van der Waals surface area contributed by atoms with Gasteiger partial charge in [0, 0.05) is 19.2 Å². The molecule has 0 aliphatic carbocycles. The van der Waals surface area contributed by atoms with E-state index in [1.807, 2.05) is 19.2 Å². The second-order valence-corrected chi connectivity index (χ2v) is 7.34. The van der Waals surface area contributed by atoms with Crippen molar-refractivity contribution in [3.63, 3.8) is 0 Å². The van der Waals surface area contributed by atoms with Crippen LogP contribution in [0.4, 0.5) is 0 Å². The molecule has 0 bridgehead atoms. The summed E-state index contributed by atoms with van der Waals surface area (Å²) < 4.78 is 2.37. The smallest absolute Gasteiger partial charge is 0.0589 e. The molecule has 0 saturated heterocycles. The molecule has 5 heteroatoms. The fraction of sp³-hybridized carbons (Fsp3) is 0.125. The Morgan fingerprint density at radius 1 is 1.14 bits per heavy atom. The summed E-state index contributed by atoms with van der Waals surface area (Å²) in [6.07, 6.45) is 0. The summed E-state index contributed by atoms with van der Waals surface area (Å²) in [5, 5.41) is 8.09. The lowest BCUT2D eigenvalue weighted by Crippen LogP contribution is -2.17. The normalized spacial score (nSPS) is 12.8. The van der Waals surface area contributed by atoms with E-state index in [0.717, 1.165) is 10.0 Å². The van der Waals surface area contributed by atoms with Crippen molar-refractivity contribution in [2.24, 2.45) is 0 Å². The molecule has 0 spiro atoms. The molecule has 2 aromatic carbocycles. The van der Waals surface area contributed by atoms with E-state index in [1.54, 1.807) is 17.4 Å². The highest BCUT2D eigenvalue weighted by Crippen LogP contribution is 2.38. The van der Waals surface area contributed by atoms with E-state index in [0.29, 0.717) is 10.0 Å². The summed E-state index contributed by atoms with van der Waals surface area (Å²) in [7, 11) is 1.95. The van der Waals surface area contributed by atoms with Gasteiger partial charge in [-0.2, -0.15) is 0 Å². The largest absolute Gasteiger partial charge is 0.309 e. The van der Waals surface area contributed by atoms with Gasteiger partial charge in [0.2, 0.25) is 0 Å². The third-order valence-electron chi connectivity index (χ3n) is 3.40. The third kappa shape index (κ3) is 2.99. The molecule has 0 amide bonds. The van der Waals surface area contributed by atoms with E-state index in [1.165, 1.54) is 15.6 Å². The molecular formula is C16H12BrCl2NS. The fourth-order valence-electron chi connectivity index (χ4n) is 2.51. The van der Waals surface area contributed by atoms with Gasteiger partial charge in [0.15, 0.2) is 0 Å². The number of benzene rings is 2. The van der Waals surface area contributed by atoms with Crippen LogP contribution in [0.5, 0.6) is 0 Å². The maximum atomic E-state index is 6.14. The predicted octanol–water partition coefficient (Wildman–Crippen LogP) is 6.28. The lowest BCUT2D eigenvalue weighted by Gasteiger charge is -2.17. The van der Waals surface area contributed by atoms with Crippen molar-refractivity contribution < 1.29 is 0 Å². The molecule has 108 valence electrons. The molecule has 0 fully saturated rings. The van der Waals surface area contributed by atoms with Crippen LogP contribution in [0, 0.1) is 0 Å². The second kappa shape index (κ2) is 6.27. The molecule has 1 heterocycles. The average molecular weight is 401 g/mol. The van der Waals surface area contributed by atoms with Crippen molar-refractivity contribution in [2.75, 3.05) is 7.05 Å². The van der Waals surface area contributed by atoms with Crippen LogP contribution in [0.15, 0.2) is 46.3 Å². The van der Waals surface area contributed by atoms with Crippen LogP contribution in [-0.2, 0) is 0 Å². The zero-order chi connectivity index (χ0) is 15.0. The first kappa shape index (κ1) is 15.3. The summed E-state index contributed by atoms with van der Waals surface area (Å²) in [5.41, 5.74) is 2.30. The van der Waals surface area contributed by atoms with Crippen molar-refractivity contribution in [3.8, 4) is 0 Å².